The summed E-state index contributed by atoms with van der Waals surface area (Å²) in [4.78, 5) is 15.2. The van der Waals surface area contributed by atoms with Crippen LogP contribution in [0.3, 0.4) is 0 Å². The summed E-state index contributed by atoms with van der Waals surface area (Å²) >= 11 is 0. The maximum atomic E-state index is 10.7. The van der Waals surface area contributed by atoms with Gasteiger partial charge >= 0.3 is 0 Å². The van der Waals surface area contributed by atoms with Crippen molar-refractivity contribution in [2.75, 3.05) is 20.2 Å². The van der Waals surface area contributed by atoms with Crippen LogP contribution >= 0.6 is 0 Å². The Morgan fingerprint density at radius 2 is 2.44 bits per heavy atom. The largest absolute Gasteiger partial charge is 0.315 e. The molecule has 1 aliphatic heterocycles. The zero-order valence-corrected chi connectivity index (χ0v) is 5.31. The van der Waals surface area contributed by atoms with Gasteiger partial charge in [-0.15, -0.1) is 0 Å². The highest BCUT2D eigenvalue weighted by Gasteiger charge is 2.24. The van der Waals surface area contributed by atoms with E-state index in [1.54, 1.807) is 0 Å². The summed E-state index contributed by atoms with van der Waals surface area (Å²) in [5.74, 6) is 0.0844. The van der Waals surface area contributed by atoms with E-state index in [4.69, 9.17) is 0 Å². The van der Waals surface area contributed by atoms with Crippen LogP contribution in [0.5, 0.6) is 0 Å². The fourth-order valence-corrected chi connectivity index (χ4v) is 0.658. The predicted octanol–water partition coefficient (Wildman–Crippen LogP) is -1.12. The Morgan fingerprint density at radius 1 is 1.78 bits per heavy atom. The fourth-order valence-electron chi connectivity index (χ4n) is 0.658. The Balaban J connectivity index is 2.16. The minimum atomic E-state index is -0.0312. The third-order valence-electron chi connectivity index (χ3n) is 1.35. The number of carbonyl (C=O) groups is 1. The molecule has 1 aliphatic rings. The van der Waals surface area contributed by atoms with Gasteiger partial charge in [-0.2, -0.15) is 0 Å². The van der Waals surface area contributed by atoms with Crippen LogP contribution in [0, 0.1) is 5.92 Å². The summed E-state index contributed by atoms with van der Waals surface area (Å²) < 4.78 is 0. The standard InChI is InChI=1S/C5H10N2O2/c1-9-7-5(8)4-2-6-3-4/h4,6H,2-3H2,1H3,(H,7,8). The Hall–Kier alpha value is -0.610. The van der Waals surface area contributed by atoms with Crippen molar-refractivity contribution < 1.29 is 9.63 Å². The van der Waals surface area contributed by atoms with E-state index in [0.717, 1.165) is 13.1 Å². The molecule has 1 heterocycles. The van der Waals surface area contributed by atoms with E-state index >= 15 is 0 Å². The van der Waals surface area contributed by atoms with Crippen LogP contribution in [0.1, 0.15) is 0 Å². The summed E-state index contributed by atoms with van der Waals surface area (Å²) in [5, 5.41) is 2.98. The number of nitrogens with one attached hydrogen (secondary N) is 2. The molecule has 52 valence electrons. The van der Waals surface area contributed by atoms with Crippen LogP contribution in [-0.4, -0.2) is 26.1 Å². The molecule has 9 heavy (non-hydrogen) atoms. The lowest BCUT2D eigenvalue weighted by molar-refractivity contribution is -0.137. The molecule has 2 N–H and O–H groups in total. The molecule has 0 aliphatic carbocycles. The van der Waals surface area contributed by atoms with Gasteiger partial charge in [0.25, 0.3) is 0 Å². The monoisotopic (exact) mass is 130 g/mol. The molecule has 1 rings (SSSR count). The number of hydrogen-bond donors (Lipinski definition) is 2. The lowest BCUT2D eigenvalue weighted by atomic mass is 10.0. The molecule has 4 nitrogen and oxygen atoms in total. The highest BCUT2D eigenvalue weighted by molar-refractivity contribution is 5.78. The molecule has 0 atom stereocenters. The second-order valence-electron chi connectivity index (χ2n) is 2.03. The lowest BCUT2D eigenvalue weighted by Crippen LogP contribution is -2.50. The van der Waals surface area contributed by atoms with Crippen molar-refractivity contribution in [3.05, 3.63) is 0 Å². The summed E-state index contributed by atoms with van der Waals surface area (Å²) in [7, 11) is 1.43. The van der Waals surface area contributed by atoms with E-state index in [-0.39, 0.29) is 11.8 Å². The van der Waals surface area contributed by atoms with Gasteiger partial charge in [0, 0.05) is 13.1 Å². The van der Waals surface area contributed by atoms with Gasteiger partial charge in [-0.1, -0.05) is 0 Å². The van der Waals surface area contributed by atoms with Gasteiger partial charge < -0.3 is 5.32 Å². The maximum Gasteiger partial charge on any atom is 0.249 e. The quantitative estimate of drug-likeness (QED) is 0.466. The van der Waals surface area contributed by atoms with Gasteiger partial charge in [-0.05, 0) is 0 Å². The van der Waals surface area contributed by atoms with Gasteiger partial charge in [0.2, 0.25) is 5.91 Å². The second kappa shape index (κ2) is 2.80. The van der Waals surface area contributed by atoms with E-state index in [1.807, 2.05) is 0 Å². The van der Waals surface area contributed by atoms with Gasteiger partial charge in [-0.3, -0.25) is 9.63 Å². The second-order valence-corrected chi connectivity index (χ2v) is 2.03. The van der Waals surface area contributed by atoms with Gasteiger partial charge in [0.1, 0.15) is 0 Å². The number of rotatable bonds is 2. The first-order valence-corrected chi connectivity index (χ1v) is 2.88. The molecule has 0 aromatic rings. The average Bonchev–Trinajstić information content (AvgIpc) is 1.60. The molecule has 0 spiro atoms. The Bertz CT molecular complexity index is 112. The molecule has 4 heteroatoms. The average molecular weight is 130 g/mol. The summed E-state index contributed by atoms with van der Waals surface area (Å²) in [6.07, 6.45) is 0. The normalized spacial score (nSPS) is 18.8. The molecule has 0 aromatic heterocycles. The van der Waals surface area contributed by atoms with E-state index < -0.39 is 0 Å². The zero-order chi connectivity index (χ0) is 6.69. The molecule has 0 saturated carbocycles. The van der Waals surface area contributed by atoms with E-state index in [9.17, 15) is 4.79 Å². The molecule has 1 amide bonds. The first-order valence-electron chi connectivity index (χ1n) is 2.88. The molecular weight excluding hydrogens is 120 g/mol. The number of amides is 1. The van der Waals surface area contributed by atoms with Crippen LogP contribution in [-0.2, 0) is 9.63 Å². The Kier molecular flexibility index (Phi) is 2.02. The van der Waals surface area contributed by atoms with E-state index in [1.165, 1.54) is 7.11 Å². The maximum absolute atomic E-state index is 10.7. The van der Waals surface area contributed by atoms with Gasteiger partial charge in [0.05, 0.1) is 13.0 Å². The molecule has 0 unspecified atom stereocenters. The van der Waals surface area contributed by atoms with E-state index in [0.29, 0.717) is 0 Å². The number of hydrogen-bond acceptors (Lipinski definition) is 3. The lowest BCUT2D eigenvalue weighted by Gasteiger charge is -2.24. The topological polar surface area (TPSA) is 50.4 Å². The van der Waals surface area contributed by atoms with Crippen LogP contribution in [0.25, 0.3) is 0 Å². The third-order valence-corrected chi connectivity index (χ3v) is 1.35. The van der Waals surface area contributed by atoms with Crippen molar-refractivity contribution in [1.29, 1.82) is 0 Å². The van der Waals surface area contributed by atoms with Crippen molar-refractivity contribution in [2.45, 2.75) is 0 Å². The number of hydroxylamine groups is 1. The molecule has 1 saturated heterocycles. The van der Waals surface area contributed by atoms with Gasteiger partial charge in [-0.25, -0.2) is 5.48 Å². The summed E-state index contributed by atoms with van der Waals surface area (Å²) in [5.41, 5.74) is 2.27. The number of carbonyl (C=O) groups excluding carboxylic acids is 1. The minimum Gasteiger partial charge on any atom is -0.315 e. The molecule has 1 fully saturated rings. The first kappa shape index (κ1) is 6.51. The predicted molar refractivity (Wildman–Crippen MR) is 31.5 cm³/mol. The highest BCUT2D eigenvalue weighted by Crippen LogP contribution is 2.00. The van der Waals surface area contributed by atoms with E-state index in [2.05, 4.69) is 15.6 Å². The third kappa shape index (κ3) is 1.40. The smallest absolute Gasteiger partial charge is 0.249 e. The highest BCUT2D eigenvalue weighted by atomic mass is 16.6. The first-order chi connectivity index (χ1) is 4.34. The molecule has 0 bridgehead atoms. The Labute approximate surface area is 53.5 Å². The van der Waals surface area contributed by atoms with Crippen LogP contribution in [0.2, 0.25) is 0 Å². The summed E-state index contributed by atoms with van der Waals surface area (Å²) in [6, 6.07) is 0. The van der Waals surface area contributed by atoms with Gasteiger partial charge in [0.15, 0.2) is 0 Å². The van der Waals surface area contributed by atoms with Crippen LogP contribution in [0.15, 0.2) is 0 Å². The van der Waals surface area contributed by atoms with Crippen molar-refractivity contribution in [1.82, 2.24) is 10.8 Å². The van der Waals surface area contributed by atoms with Crippen molar-refractivity contribution >= 4 is 5.91 Å². The zero-order valence-electron chi connectivity index (χ0n) is 5.31. The minimum absolute atomic E-state index is 0.0312. The molecule has 0 radical (unpaired) electrons. The molecule has 0 aromatic carbocycles. The Morgan fingerprint density at radius 3 is 2.78 bits per heavy atom. The van der Waals surface area contributed by atoms with Crippen LogP contribution in [0.4, 0.5) is 0 Å². The van der Waals surface area contributed by atoms with Crippen LogP contribution < -0.4 is 10.8 Å². The SMILES string of the molecule is CONC(=O)C1CNC1. The van der Waals surface area contributed by atoms with Crippen molar-refractivity contribution in [2.24, 2.45) is 5.92 Å². The van der Waals surface area contributed by atoms with Crippen molar-refractivity contribution in [3.63, 3.8) is 0 Å². The van der Waals surface area contributed by atoms with Crippen molar-refractivity contribution in [3.8, 4) is 0 Å². The molecular formula is C5H10N2O2. The fraction of sp³-hybridized carbons (Fsp3) is 0.800. The summed E-state index contributed by atoms with van der Waals surface area (Å²) in [6.45, 7) is 1.55.